The lowest BCUT2D eigenvalue weighted by molar-refractivity contribution is 0.0342. The minimum absolute atomic E-state index is 0.0823. The number of hydrogen-bond acceptors (Lipinski definition) is 7. The van der Waals surface area contributed by atoms with Gasteiger partial charge in [0.2, 0.25) is 5.75 Å². The molecular formula is C30H32N5O3P. The first kappa shape index (κ1) is 27.1. The molecule has 2 saturated heterocycles. The van der Waals surface area contributed by atoms with E-state index in [9.17, 15) is 10.1 Å². The van der Waals surface area contributed by atoms with Crippen LogP contribution < -0.4 is 10.1 Å². The van der Waals surface area contributed by atoms with E-state index < -0.39 is 0 Å². The van der Waals surface area contributed by atoms with Gasteiger partial charge >= 0.3 is 0 Å². The predicted molar refractivity (Wildman–Crippen MR) is 152 cm³/mol. The Bertz CT molecular complexity index is 1410. The lowest BCUT2D eigenvalue weighted by Crippen LogP contribution is -2.47. The van der Waals surface area contributed by atoms with Gasteiger partial charge in [0, 0.05) is 62.7 Å². The van der Waals surface area contributed by atoms with Gasteiger partial charge in [-0.05, 0) is 35.4 Å². The highest BCUT2D eigenvalue weighted by atomic mass is 31.0. The molecule has 0 amide bonds. The third-order valence-corrected chi connectivity index (χ3v) is 7.49. The quantitative estimate of drug-likeness (QED) is 0.346. The summed E-state index contributed by atoms with van der Waals surface area (Å²) in [5, 5.41) is 9.17. The Hall–Kier alpha value is -3.52. The highest BCUT2D eigenvalue weighted by molar-refractivity contribution is 7.10. The van der Waals surface area contributed by atoms with Crippen molar-refractivity contribution in [2.45, 2.75) is 18.9 Å². The summed E-state index contributed by atoms with van der Waals surface area (Å²) in [6.07, 6.45) is 1.95. The van der Waals surface area contributed by atoms with Crippen molar-refractivity contribution in [3.8, 4) is 23.7 Å². The van der Waals surface area contributed by atoms with Gasteiger partial charge in [0.15, 0.2) is 0 Å². The average molecular weight is 542 g/mol. The van der Waals surface area contributed by atoms with E-state index >= 15 is 0 Å². The van der Waals surface area contributed by atoms with Crippen LogP contribution in [-0.2, 0) is 17.7 Å². The topological polar surface area (TPSA) is 94.5 Å². The summed E-state index contributed by atoms with van der Waals surface area (Å²) in [6, 6.07) is 19.0. The Kier molecular flexibility index (Phi) is 9.04. The molecule has 2 aliphatic heterocycles. The summed E-state index contributed by atoms with van der Waals surface area (Å²) in [4.78, 5) is 23.8. The molecule has 2 atom stereocenters. The molecule has 200 valence electrons. The van der Waals surface area contributed by atoms with Crippen LogP contribution in [-0.4, -0.2) is 65.7 Å². The Labute approximate surface area is 231 Å². The molecule has 3 heterocycles. The molecule has 0 aliphatic carbocycles. The van der Waals surface area contributed by atoms with Gasteiger partial charge in [0.25, 0.3) is 5.56 Å². The summed E-state index contributed by atoms with van der Waals surface area (Å²) in [6.45, 7) is 6.79. The number of H-pyrrole nitrogens is 1. The van der Waals surface area contributed by atoms with Crippen molar-refractivity contribution in [3.05, 3.63) is 93.2 Å². The van der Waals surface area contributed by atoms with E-state index in [4.69, 9.17) is 9.26 Å². The number of nitrogens with one attached hydrogen (secondary N) is 1. The zero-order chi connectivity index (χ0) is 27.0. The van der Waals surface area contributed by atoms with Gasteiger partial charge in [0.1, 0.15) is 0 Å². The number of benzene rings is 2. The van der Waals surface area contributed by atoms with Crippen LogP contribution in [0.1, 0.15) is 33.9 Å². The maximum absolute atomic E-state index is 12.2. The fraction of sp³-hybridized carbons (Fsp3) is 0.367. The van der Waals surface area contributed by atoms with E-state index in [1.807, 2.05) is 12.1 Å². The van der Waals surface area contributed by atoms with Crippen LogP contribution in [0.2, 0.25) is 0 Å². The molecule has 0 radical (unpaired) electrons. The van der Waals surface area contributed by atoms with Crippen LogP contribution in [0.15, 0.2) is 59.7 Å². The summed E-state index contributed by atoms with van der Waals surface area (Å²) in [7, 11) is 2.13. The minimum atomic E-state index is -0.304. The third-order valence-electron chi connectivity index (χ3n) is 7.26. The molecule has 5 rings (SSSR count). The normalized spacial score (nSPS) is 16.9. The van der Waals surface area contributed by atoms with Crippen LogP contribution >= 0.6 is 9.47 Å². The second-order valence-corrected chi connectivity index (χ2v) is 10.3. The second kappa shape index (κ2) is 13.0. The average Bonchev–Trinajstić information content (AvgIpc) is 2.95. The van der Waals surface area contributed by atoms with E-state index in [1.54, 1.807) is 0 Å². The molecule has 1 aromatic heterocycles. The summed E-state index contributed by atoms with van der Waals surface area (Å²) in [5.41, 5.74) is 4.64. The number of hydrogen-bond donors (Lipinski definition) is 1. The highest BCUT2D eigenvalue weighted by Gasteiger charge is 2.29. The van der Waals surface area contributed by atoms with Crippen molar-refractivity contribution >= 4 is 9.47 Å². The van der Waals surface area contributed by atoms with Gasteiger partial charge in [-0.25, -0.2) is 4.98 Å². The smallest absolute Gasteiger partial charge is 0.293 e. The van der Waals surface area contributed by atoms with Crippen LogP contribution in [0.5, 0.6) is 5.75 Å². The maximum Gasteiger partial charge on any atom is 0.293 e. The Balaban J connectivity index is 1.27. The summed E-state index contributed by atoms with van der Waals surface area (Å²) < 4.78 is 10.7. The SMILES string of the molecule is N#CC1CN(C[C@H](Cc2nc[nH]c(=O)c2OP)c2ccc(C#Cc3ccc(CN4CCOCC4)cc3)cc2)C1. The zero-order valence-electron chi connectivity index (χ0n) is 21.8. The molecule has 2 aromatic carbocycles. The molecule has 9 heteroatoms. The largest absolute Gasteiger partial charge is 0.473 e. The molecule has 1 unspecified atom stereocenters. The summed E-state index contributed by atoms with van der Waals surface area (Å²) in [5.74, 6) is 6.93. The molecule has 1 N–H and O–H groups in total. The van der Waals surface area contributed by atoms with Crippen molar-refractivity contribution in [3.63, 3.8) is 0 Å². The molecule has 3 aromatic rings. The van der Waals surface area contributed by atoms with E-state index in [0.717, 1.165) is 69.2 Å². The van der Waals surface area contributed by atoms with Gasteiger partial charge < -0.3 is 19.1 Å². The summed E-state index contributed by atoms with van der Waals surface area (Å²) >= 11 is 0. The number of aromatic nitrogens is 2. The van der Waals surface area contributed by atoms with Crippen LogP contribution in [0.25, 0.3) is 0 Å². The minimum Gasteiger partial charge on any atom is -0.473 e. The van der Waals surface area contributed by atoms with Gasteiger partial charge in [-0.1, -0.05) is 36.1 Å². The second-order valence-electron chi connectivity index (χ2n) is 10.0. The first-order chi connectivity index (χ1) is 19.1. The predicted octanol–water partition coefficient (Wildman–Crippen LogP) is 2.95. The van der Waals surface area contributed by atoms with Crippen molar-refractivity contribution in [1.82, 2.24) is 19.8 Å². The number of morpholine rings is 1. The standard InChI is InChI=1S/C30H32N5O3P/c31-16-25-18-35(19-25)20-27(15-28-29(38-39)30(36)33-21-32-28)26-9-7-23(8-10-26)2-1-22-3-5-24(6-4-22)17-34-11-13-37-14-12-34/h3-10,21,25,27H,11-15,17-20,39H2,(H,32,33,36)/t27-/m0/s1. The number of ether oxygens (including phenoxy) is 1. The first-order valence-electron chi connectivity index (χ1n) is 13.2. The maximum atomic E-state index is 12.2. The van der Waals surface area contributed by atoms with E-state index in [0.29, 0.717) is 12.1 Å². The number of likely N-dealkylation sites (tertiary alicyclic amines) is 1. The van der Waals surface area contributed by atoms with Crippen LogP contribution in [0, 0.1) is 29.1 Å². The van der Waals surface area contributed by atoms with Crippen LogP contribution in [0.3, 0.4) is 0 Å². The van der Waals surface area contributed by atoms with Crippen LogP contribution in [0.4, 0.5) is 0 Å². The monoisotopic (exact) mass is 541 g/mol. The third kappa shape index (κ3) is 7.12. The Morgan fingerprint density at radius 3 is 2.36 bits per heavy atom. The molecule has 39 heavy (non-hydrogen) atoms. The van der Waals surface area contributed by atoms with Gasteiger partial charge in [-0.2, -0.15) is 5.26 Å². The van der Waals surface area contributed by atoms with Crippen molar-refractivity contribution < 1.29 is 9.26 Å². The van der Waals surface area contributed by atoms with Gasteiger partial charge in [-0.15, -0.1) is 0 Å². The molecule has 8 nitrogen and oxygen atoms in total. The lowest BCUT2D eigenvalue weighted by Gasteiger charge is -2.37. The van der Waals surface area contributed by atoms with Crippen molar-refractivity contribution in [1.29, 1.82) is 5.26 Å². The van der Waals surface area contributed by atoms with E-state index in [2.05, 4.69) is 83.5 Å². The number of rotatable bonds is 8. The fourth-order valence-corrected chi connectivity index (χ4v) is 5.26. The fourth-order valence-electron chi connectivity index (χ4n) is 5.02. The molecule has 0 spiro atoms. The Morgan fingerprint density at radius 1 is 1.05 bits per heavy atom. The van der Waals surface area contributed by atoms with E-state index in [1.165, 1.54) is 11.9 Å². The lowest BCUT2D eigenvalue weighted by atomic mass is 9.90. The molecule has 0 bridgehead atoms. The first-order valence-corrected chi connectivity index (χ1v) is 13.6. The molecule has 2 aliphatic rings. The molecule has 2 fully saturated rings. The molecule has 0 saturated carbocycles. The van der Waals surface area contributed by atoms with Gasteiger partial charge in [0.05, 0.1) is 46.7 Å². The zero-order valence-corrected chi connectivity index (χ0v) is 23.0. The van der Waals surface area contributed by atoms with Crippen molar-refractivity contribution in [2.75, 3.05) is 45.9 Å². The number of nitriles is 1. The number of nitrogens with zero attached hydrogens (tertiary/aromatic N) is 4. The molecular weight excluding hydrogens is 509 g/mol. The number of aromatic amines is 1. The van der Waals surface area contributed by atoms with Crippen molar-refractivity contribution in [2.24, 2.45) is 5.92 Å². The van der Waals surface area contributed by atoms with Gasteiger partial charge in [-0.3, -0.25) is 9.69 Å². The van der Waals surface area contributed by atoms with E-state index in [-0.39, 0.29) is 23.1 Å². The Morgan fingerprint density at radius 2 is 1.72 bits per heavy atom. The highest BCUT2D eigenvalue weighted by Crippen LogP contribution is 2.28.